The number of hydrogen-bond acceptors (Lipinski definition) is 4. The van der Waals surface area contributed by atoms with Crippen LogP contribution in [0.15, 0.2) is 42.5 Å². The van der Waals surface area contributed by atoms with Gasteiger partial charge in [-0.15, -0.1) is 0 Å². The second-order valence-electron chi connectivity index (χ2n) is 6.02. The lowest BCUT2D eigenvalue weighted by Gasteiger charge is -2.12. The summed E-state index contributed by atoms with van der Waals surface area (Å²) in [7, 11) is 1.36. The number of ether oxygens (including phenoxy) is 2. The van der Waals surface area contributed by atoms with Gasteiger partial charge < -0.3 is 20.1 Å². The van der Waals surface area contributed by atoms with Gasteiger partial charge in [0.25, 0.3) is 5.91 Å². The third-order valence-corrected chi connectivity index (χ3v) is 3.87. The van der Waals surface area contributed by atoms with E-state index in [4.69, 9.17) is 4.74 Å². The fourth-order valence-electron chi connectivity index (χ4n) is 2.52. The maximum atomic E-state index is 12.3. The Labute approximate surface area is 161 Å². The summed E-state index contributed by atoms with van der Waals surface area (Å²) in [5.41, 5.74) is 2.23. The second kappa shape index (κ2) is 10.2. The summed E-state index contributed by atoms with van der Waals surface area (Å²) >= 11 is 0. The number of rotatable bonds is 9. The van der Waals surface area contributed by atoms with E-state index in [9.17, 15) is 18.4 Å². The summed E-state index contributed by atoms with van der Waals surface area (Å²) in [5.74, 6) is -0.512. The lowest BCUT2D eigenvalue weighted by Crippen LogP contribution is -2.37. The highest BCUT2D eigenvalue weighted by atomic mass is 19.3. The highest BCUT2D eigenvalue weighted by Crippen LogP contribution is 2.29. The molecule has 0 aliphatic heterocycles. The minimum Gasteiger partial charge on any atom is -0.493 e. The van der Waals surface area contributed by atoms with Crippen molar-refractivity contribution >= 4 is 11.8 Å². The highest BCUT2D eigenvalue weighted by Gasteiger charge is 2.11. The molecule has 0 aliphatic rings. The Kier molecular flexibility index (Phi) is 7.74. The fourth-order valence-corrected chi connectivity index (χ4v) is 2.52. The molecule has 2 N–H and O–H groups in total. The van der Waals surface area contributed by atoms with Crippen molar-refractivity contribution in [3.8, 4) is 11.5 Å². The minimum atomic E-state index is -2.94. The van der Waals surface area contributed by atoms with Crippen molar-refractivity contribution < 1.29 is 27.8 Å². The molecule has 0 bridgehead atoms. The van der Waals surface area contributed by atoms with Crippen molar-refractivity contribution in [3.63, 3.8) is 0 Å². The van der Waals surface area contributed by atoms with Gasteiger partial charge in [0.2, 0.25) is 5.91 Å². The van der Waals surface area contributed by atoms with Gasteiger partial charge in [-0.3, -0.25) is 9.59 Å². The maximum Gasteiger partial charge on any atom is 0.387 e. The summed E-state index contributed by atoms with van der Waals surface area (Å²) in [4.78, 5) is 23.9. The molecule has 0 atom stereocenters. The molecular formula is C20H22F2N2O4. The third-order valence-electron chi connectivity index (χ3n) is 3.87. The fraction of sp³-hybridized carbons (Fsp3) is 0.300. The number of halogens is 2. The van der Waals surface area contributed by atoms with Crippen LogP contribution in [0.2, 0.25) is 0 Å². The lowest BCUT2D eigenvalue weighted by atomic mass is 10.1. The predicted molar refractivity (Wildman–Crippen MR) is 99.9 cm³/mol. The van der Waals surface area contributed by atoms with E-state index in [0.717, 1.165) is 11.1 Å². The van der Waals surface area contributed by atoms with Crippen LogP contribution in [0.1, 0.15) is 21.5 Å². The average Bonchev–Trinajstić information content (AvgIpc) is 2.66. The smallest absolute Gasteiger partial charge is 0.387 e. The predicted octanol–water partition coefficient (Wildman–Crippen LogP) is 2.69. The zero-order valence-corrected chi connectivity index (χ0v) is 15.6. The van der Waals surface area contributed by atoms with Crippen molar-refractivity contribution in [2.24, 2.45) is 0 Å². The molecule has 0 unspecified atom stereocenters. The van der Waals surface area contributed by atoms with Crippen LogP contribution < -0.4 is 20.1 Å². The molecule has 2 aromatic rings. The van der Waals surface area contributed by atoms with Crippen LogP contribution in [0, 0.1) is 6.92 Å². The summed E-state index contributed by atoms with van der Waals surface area (Å²) in [5, 5.41) is 5.25. The van der Waals surface area contributed by atoms with Crippen molar-refractivity contribution in [1.29, 1.82) is 0 Å². The van der Waals surface area contributed by atoms with Crippen molar-refractivity contribution in [1.82, 2.24) is 10.6 Å². The van der Waals surface area contributed by atoms with Gasteiger partial charge in [-0.2, -0.15) is 8.78 Å². The molecule has 0 spiro atoms. The largest absolute Gasteiger partial charge is 0.493 e. The molecule has 0 radical (unpaired) electrons. The first-order valence-electron chi connectivity index (χ1n) is 8.62. The van der Waals surface area contributed by atoms with Gasteiger partial charge in [0, 0.05) is 12.1 Å². The van der Waals surface area contributed by atoms with Gasteiger partial charge >= 0.3 is 6.61 Å². The number of carbonyl (C=O) groups excluding carboxylic acids is 2. The topological polar surface area (TPSA) is 76.7 Å². The Morgan fingerprint density at radius 3 is 2.54 bits per heavy atom. The van der Waals surface area contributed by atoms with E-state index in [1.807, 2.05) is 13.0 Å². The number of carbonyl (C=O) groups is 2. The summed E-state index contributed by atoms with van der Waals surface area (Å²) in [6.07, 6.45) is 0.461. The Morgan fingerprint density at radius 1 is 1.07 bits per heavy atom. The molecule has 0 heterocycles. The van der Waals surface area contributed by atoms with Crippen LogP contribution in [0.4, 0.5) is 8.78 Å². The van der Waals surface area contributed by atoms with Gasteiger partial charge in [0.15, 0.2) is 11.5 Å². The molecule has 2 rings (SSSR count). The molecule has 8 heteroatoms. The minimum absolute atomic E-state index is 0.0517. The standard InChI is InChI=1S/C20H22F2N2O4/c1-13-4-3-5-15(10-13)19(26)24-12-18(25)23-9-8-14-6-7-16(28-20(21)22)17(11-14)27-2/h3-7,10-11,20H,8-9,12H2,1-2H3,(H,23,25)(H,24,26). The van der Waals surface area contributed by atoms with Crippen LogP contribution in [0.5, 0.6) is 11.5 Å². The summed E-state index contributed by atoms with van der Waals surface area (Å²) in [6.45, 7) is -0.881. The van der Waals surface area contributed by atoms with E-state index in [1.54, 1.807) is 30.3 Å². The number of methoxy groups -OCH3 is 1. The molecular weight excluding hydrogens is 370 g/mol. The van der Waals surface area contributed by atoms with E-state index in [-0.39, 0.29) is 29.9 Å². The Bertz CT molecular complexity index is 828. The average molecular weight is 392 g/mol. The molecule has 0 aliphatic carbocycles. The van der Waals surface area contributed by atoms with Gasteiger partial charge in [0.05, 0.1) is 13.7 Å². The molecule has 28 heavy (non-hydrogen) atoms. The van der Waals surface area contributed by atoms with Gasteiger partial charge in [0.1, 0.15) is 0 Å². The normalized spacial score (nSPS) is 10.5. The molecule has 0 saturated carbocycles. The maximum absolute atomic E-state index is 12.3. The van der Waals surface area contributed by atoms with Gasteiger partial charge in [-0.25, -0.2) is 0 Å². The number of alkyl halides is 2. The first kappa shape index (κ1) is 21.1. The highest BCUT2D eigenvalue weighted by molar-refractivity contribution is 5.96. The Morgan fingerprint density at radius 2 is 1.86 bits per heavy atom. The van der Waals surface area contributed by atoms with Crippen molar-refractivity contribution in [2.45, 2.75) is 20.0 Å². The number of benzene rings is 2. The number of aryl methyl sites for hydroxylation is 1. The monoisotopic (exact) mass is 392 g/mol. The molecule has 0 saturated heterocycles. The van der Waals surface area contributed by atoms with Gasteiger partial charge in [-0.1, -0.05) is 23.8 Å². The number of amides is 2. The van der Waals surface area contributed by atoms with Crippen LogP contribution in [0.3, 0.4) is 0 Å². The Balaban J connectivity index is 1.78. The molecule has 150 valence electrons. The van der Waals surface area contributed by atoms with Gasteiger partial charge in [-0.05, 0) is 43.2 Å². The lowest BCUT2D eigenvalue weighted by molar-refractivity contribution is -0.120. The molecule has 6 nitrogen and oxygen atoms in total. The SMILES string of the molecule is COc1cc(CCNC(=O)CNC(=O)c2cccc(C)c2)ccc1OC(F)F. The number of hydrogen-bond donors (Lipinski definition) is 2. The number of nitrogens with one attached hydrogen (secondary N) is 2. The van der Waals surface area contributed by atoms with Crippen LogP contribution in [-0.2, 0) is 11.2 Å². The zero-order chi connectivity index (χ0) is 20.5. The first-order valence-corrected chi connectivity index (χ1v) is 8.62. The summed E-state index contributed by atoms with van der Waals surface area (Å²) in [6, 6.07) is 11.7. The van der Waals surface area contributed by atoms with Crippen molar-refractivity contribution in [2.75, 3.05) is 20.2 Å². The molecule has 2 aromatic carbocycles. The molecule has 0 fully saturated rings. The molecule has 2 amide bonds. The van der Waals surface area contributed by atoms with E-state index >= 15 is 0 Å². The zero-order valence-electron chi connectivity index (χ0n) is 15.6. The van der Waals surface area contributed by atoms with Crippen molar-refractivity contribution in [3.05, 3.63) is 59.2 Å². The second-order valence-corrected chi connectivity index (χ2v) is 6.02. The third kappa shape index (κ3) is 6.53. The summed E-state index contributed by atoms with van der Waals surface area (Å²) < 4.78 is 34.1. The first-order chi connectivity index (χ1) is 13.4. The van der Waals surface area contributed by atoms with E-state index in [2.05, 4.69) is 15.4 Å². The van der Waals surface area contributed by atoms with Crippen LogP contribution in [0.25, 0.3) is 0 Å². The Hall–Kier alpha value is -3.16. The van der Waals surface area contributed by atoms with Crippen LogP contribution >= 0.6 is 0 Å². The van der Waals surface area contributed by atoms with E-state index < -0.39 is 6.61 Å². The molecule has 0 aromatic heterocycles. The quantitative estimate of drug-likeness (QED) is 0.688. The van der Waals surface area contributed by atoms with Crippen LogP contribution in [-0.4, -0.2) is 38.6 Å². The van der Waals surface area contributed by atoms with E-state index in [0.29, 0.717) is 18.5 Å². The van der Waals surface area contributed by atoms with E-state index in [1.165, 1.54) is 13.2 Å².